The molecule has 0 aliphatic carbocycles. The van der Waals surface area contributed by atoms with Crippen LogP contribution < -0.4 is 10.1 Å². The SMILES string of the molecule is Cc1c(C(=O)NCC(O)COc2cccc(C(F)(F)F)c2)nnn1-c1cccc(Br)c1. The van der Waals surface area contributed by atoms with E-state index >= 15 is 0 Å². The van der Waals surface area contributed by atoms with Gasteiger partial charge < -0.3 is 15.2 Å². The number of hydrogen-bond donors (Lipinski definition) is 2. The third-order valence-corrected chi connectivity index (χ3v) is 4.76. The number of rotatable bonds is 7. The standard InChI is InChI=1S/C20H18BrF3N4O3/c1-12-18(26-27-28(12)15-6-3-5-14(21)9-15)19(30)25-10-16(29)11-31-17-7-2-4-13(8-17)20(22,23)24/h2-9,16,29H,10-11H2,1H3,(H,25,30). The zero-order chi connectivity index (χ0) is 22.6. The molecule has 7 nitrogen and oxygen atoms in total. The van der Waals surface area contributed by atoms with Crippen molar-refractivity contribution < 1.29 is 27.8 Å². The Morgan fingerprint density at radius 2 is 2.00 bits per heavy atom. The Balaban J connectivity index is 1.55. The second kappa shape index (κ2) is 9.48. The summed E-state index contributed by atoms with van der Waals surface area (Å²) in [5.74, 6) is -0.579. The molecule has 0 aliphatic heterocycles. The molecule has 0 saturated carbocycles. The lowest BCUT2D eigenvalue weighted by Gasteiger charge is -2.14. The van der Waals surface area contributed by atoms with Crippen molar-refractivity contribution in [1.82, 2.24) is 20.3 Å². The van der Waals surface area contributed by atoms with Crippen molar-refractivity contribution in [1.29, 1.82) is 0 Å². The number of ether oxygens (including phenoxy) is 1. The molecular weight excluding hydrogens is 481 g/mol. The Labute approximate surface area is 184 Å². The van der Waals surface area contributed by atoms with Crippen LogP contribution in [0.1, 0.15) is 21.7 Å². The highest BCUT2D eigenvalue weighted by molar-refractivity contribution is 9.10. The number of aromatic nitrogens is 3. The summed E-state index contributed by atoms with van der Waals surface area (Å²) in [6.07, 6.45) is -5.63. The maximum atomic E-state index is 12.7. The van der Waals surface area contributed by atoms with Gasteiger partial charge in [-0.25, -0.2) is 4.68 Å². The predicted molar refractivity (Wildman–Crippen MR) is 109 cm³/mol. The molecule has 164 valence electrons. The fourth-order valence-corrected chi connectivity index (χ4v) is 3.09. The summed E-state index contributed by atoms with van der Waals surface area (Å²) in [6.45, 7) is 1.20. The van der Waals surface area contributed by atoms with E-state index in [0.717, 1.165) is 16.6 Å². The van der Waals surface area contributed by atoms with Gasteiger partial charge in [0.1, 0.15) is 18.5 Å². The van der Waals surface area contributed by atoms with Crippen molar-refractivity contribution in [3.8, 4) is 11.4 Å². The minimum atomic E-state index is -4.49. The first-order valence-corrected chi connectivity index (χ1v) is 9.89. The minimum Gasteiger partial charge on any atom is -0.491 e. The Bertz CT molecular complexity index is 1070. The lowest BCUT2D eigenvalue weighted by molar-refractivity contribution is -0.137. The summed E-state index contributed by atoms with van der Waals surface area (Å²) < 4.78 is 45.7. The molecule has 1 aromatic heterocycles. The molecule has 1 atom stereocenters. The van der Waals surface area contributed by atoms with Crippen LogP contribution in [0.15, 0.2) is 53.0 Å². The number of nitrogens with zero attached hydrogens (tertiary/aromatic N) is 3. The number of amides is 1. The van der Waals surface area contributed by atoms with E-state index in [0.29, 0.717) is 11.4 Å². The maximum Gasteiger partial charge on any atom is 0.416 e. The first kappa shape index (κ1) is 22.8. The summed E-state index contributed by atoms with van der Waals surface area (Å²) in [7, 11) is 0. The monoisotopic (exact) mass is 498 g/mol. The number of aliphatic hydroxyl groups is 1. The second-order valence-electron chi connectivity index (χ2n) is 6.62. The van der Waals surface area contributed by atoms with E-state index < -0.39 is 23.8 Å². The van der Waals surface area contributed by atoms with E-state index in [4.69, 9.17) is 4.74 Å². The third-order valence-electron chi connectivity index (χ3n) is 4.26. The molecule has 0 radical (unpaired) electrons. The van der Waals surface area contributed by atoms with E-state index in [1.54, 1.807) is 6.92 Å². The van der Waals surface area contributed by atoms with Crippen LogP contribution in [0.5, 0.6) is 5.75 Å². The largest absolute Gasteiger partial charge is 0.491 e. The lowest BCUT2D eigenvalue weighted by Crippen LogP contribution is -2.35. The van der Waals surface area contributed by atoms with Gasteiger partial charge in [0.2, 0.25) is 0 Å². The van der Waals surface area contributed by atoms with Gasteiger partial charge in [0.15, 0.2) is 5.69 Å². The van der Waals surface area contributed by atoms with E-state index in [1.807, 2.05) is 24.3 Å². The molecule has 0 aliphatic rings. The van der Waals surface area contributed by atoms with Gasteiger partial charge in [-0.1, -0.05) is 33.3 Å². The molecule has 31 heavy (non-hydrogen) atoms. The Hall–Kier alpha value is -2.92. The molecule has 11 heteroatoms. The number of carbonyl (C=O) groups excluding carboxylic acids is 1. The van der Waals surface area contributed by atoms with Crippen molar-refractivity contribution in [2.24, 2.45) is 0 Å². The Kier molecular flexibility index (Phi) is 6.96. The zero-order valence-corrected chi connectivity index (χ0v) is 17.8. The number of carbonyl (C=O) groups is 1. The predicted octanol–water partition coefficient (Wildman–Crippen LogP) is 3.53. The molecule has 0 bridgehead atoms. The van der Waals surface area contributed by atoms with Crippen LogP contribution in [0.3, 0.4) is 0 Å². The van der Waals surface area contributed by atoms with Gasteiger partial charge in [-0.15, -0.1) is 5.10 Å². The van der Waals surface area contributed by atoms with Gasteiger partial charge >= 0.3 is 6.18 Å². The smallest absolute Gasteiger partial charge is 0.416 e. The van der Waals surface area contributed by atoms with Gasteiger partial charge in [-0.05, 0) is 43.3 Å². The van der Waals surface area contributed by atoms with Gasteiger partial charge in [-0.2, -0.15) is 13.2 Å². The molecule has 2 aromatic carbocycles. The summed E-state index contributed by atoms with van der Waals surface area (Å²) in [5, 5.41) is 20.4. The molecule has 1 amide bonds. The van der Waals surface area contributed by atoms with Crippen LogP contribution >= 0.6 is 15.9 Å². The number of hydrogen-bond acceptors (Lipinski definition) is 5. The van der Waals surface area contributed by atoms with E-state index in [1.165, 1.54) is 16.8 Å². The van der Waals surface area contributed by atoms with Crippen LogP contribution in [0, 0.1) is 6.92 Å². The summed E-state index contributed by atoms with van der Waals surface area (Å²) >= 11 is 3.37. The highest BCUT2D eigenvalue weighted by Gasteiger charge is 2.30. The maximum absolute atomic E-state index is 12.7. The molecule has 3 rings (SSSR count). The average Bonchev–Trinajstić information content (AvgIpc) is 3.11. The molecule has 0 fully saturated rings. The van der Waals surface area contributed by atoms with Gasteiger partial charge in [0.05, 0.1) is 16.9 Å². The summed E-state index contributed by atoms with van der Waals surface area (Å²) in [5.41, 5.74) is 0.459. The van der Waals surface area contributed by atoms with Crippen LogP contribution in [-0.2, 0) is 6.18 Å². The summed E-state index contributed by atoms with van der Waals surface area (Å²) in [4.78, 5) is 12.4. The Morgan fingerprint density at radius 1 is 1.26 bits per heavy atom. The van der Waals surface area contributed by atoms with Gasteiger partial charge in [0, 0.05) is 11.0 Å². The van der Waals surface area contributed by atoms with Crippen molar-refractivity contribution in [3.05, 3.63) is 70.0 Å². The Morgan fingerprint density at radius 3 is 2.71 bits per heavy atom. The van der Waals surface area contributed by atoms with E-state index in [2.05, 4.69) is 31.6 Å². The van der Waals surface area contributed by atoms with Crippen molar-refractivity contribution >= 4 is 21.8 Å². The van der Waals surface area contributed by atoms with Gasteiger partial charge in [0.25, 0.3) is 5.91 Å². The minimum absolute atomic E-state index is 0.0342. The molecule has 3 aromatic rings. The van der Waals surface area contributed by atoms with Crippen LogP contribution in [-0.4, -0.2) is 45.3 Å². The van der Waals surface area contributed by atoms with Crippen molar-refractivity contribution in [3.63, 3.8) is 0 Å². The topological polar surface area (TPSA) is 89.3 Å². The molecule has 1 unspecified atom stereocenters. The van der Waals surface area contributed by atoms with E-state index in [9.17, 15) is 23.1 Å². The van der Waals surface area contributed by atoms with Crippen molar-refractivity contribution in [2.75, 3.05) is 13.2 Å². The highest BCUT2D eigenvalue weighted by Crippen LogP contribution is 2.31. The molecule has 0 saturated heterocycles. The second-order valence-corrected chi connectivity index (χ2v) is 7.53. The van der Waals surface area contributed by atoms with Crippen LogP contribution in [0.4, 0.5) is 13.2 Å². The molecular formula is C20H18BrF3N4O3. The number of aliphatic hydroxyl groups excluding tert-OH is 1. The van der Waals surface area contributed by atoms with Crippen LogP contribution in [0.2, 0.25) is 0 Å². The number of halogens is 4. The fourth-order valence-electron chi connectivity index (χ4n) is 2.70. The first-order chi connectivity index (χ1) is 14.6. The number of nitrogens with one attached hydrogen (secondary N) is 1. The van der Waals surface area contributed by atoms with Gasteiger partial charge in [-0.3, -0.25) is 4.79 Å². The quantitative estimate of drug-likeness (QED) is 0.520. The fraction of sp³-hybridized carbons (Fsp3) is 0.250. The normalized spacial score (nSPS) is 12.5. The van der Waals surface area contributed by atoms with Crippen molar-refractivity contribution in [2.45, 2.75) is 19.2 Å². The summed E-state index contributed by atoms with van der Waals surface area (Å²) in [6, 6.07) is 11.6. The lowest BCUT2D eigenvalue weighted by atomic mass is 10.2. The average molecular weight is 499 g/mol. The molecule has 2 N–H and O–H groups in total. The van der Waals surface area contributed by atoms with Crippen LogP contribution in [0.25, 0.3) is 5.69 Å². The van der Waals surface area contributed by atoms with E-state index in [-0.39, 0.29) is 24.6 Å². The first-order valence-electron chi connectivity index (χ1n) is 9.09. The molecule has 0 spiro atoms. The zero-order valence-electron chi connectivity index (χ0n) is 16.2. The third kappa shape index (κ3) is 5.82. The number of alkyl halides is 3. The highest BCUT2D eigenvalue weighted by atomic mass is 79.9. The molecule has 1 heterocycles. The number of benzene rings is 2.